The standard InChI is InChI=1S/C14H23N3O/c1-2-10-5-6-11(9-15)13(8-10)17-7-3-4-12(17)14(16)18/h10-13H,2-8H2,1H3,(H2,16,18). The summed E-state index contributed by atoms with van der Waals surface area (Å²) in [6, 6.07) is 2.55. The Bertz CT molecular complexity index is 349. The van der Waals surface area contributed by atoms with Crippen LogP contribution in [0.1, 0.15) is 45.4 Å². The van der Waals surface area contributed by atoms with E-state index in [-0.39, 0.29) is 23.9 Å². The normalized spacial score (nSPS) is 37.3. The molecule has 1 heterocycles. The Labute approximate surface area is 109 Å². The smallest absolute Gasteiger partial charge is 0.234 e. The molecule has 18 heavy (non-hydrogen) atoms. The van der Waals surface area contributed by atoms with E-state index in [4.69, 9.17) is 5.73 Å². The van der Waals surface area contributed by atoms with Crippen molar-refractivity contribution < 1.29 is 4.79 Å². The summed E-state index contributed by atoms with van der Waals surface area (Å²) in [5.74, 6) is 0.560. The van der Waals surface area contributed by atoms with E-state index < -0.39 is 0 Å². The van der Waals surface area contributed by atoms with Gasteiger partial charge >= 0.3 is 0 Å². The maximum atomic E-state index is 11.5. The lowest BCUT2D eigenvalue weighted by atomic mass is 9.77. The highest BCUT2D eigenvalue weighted by atomic mass is 16.1. The molecule has 1 aliphatic carbocycles. The molecule has 0 bridgehead atoms. The van der Waals surface area contributed by atoms with Crippen LogP contribution in [0.3, 0.4) is 0 Å². The van der Waals surface area contributed by atoms with Gasteiger partial charge in [0, 0.05) is 6.04 Å². The number of hydrogen-bond donors (Lipinski definition) is 1. The number of carbonyl (C=O) groups excluding carboxylic acids is 1. The third-order valence-electron chi connectivity index (χ3n) is 4.72. The topological polar surface area (TPSA) is 70.1 Å². The van der Waals surface area contributed by atoms with Gasteiger partial charge < -0.3 is 5.73 Å². The van der Waals surface area contributed by atoms with Crippen molar-refractivity contribution in [3.8, 4) is 6.07 Å². The third kappa shape index (κ3) is 2.51. The van der Waals surface area contributed by atoms with Gasteiger partial charge in [0.2, 0.25) is 5.91 Å². The van der Waals surface area contributed by atoms with E-state index in [0.29, 0.717) is 5.92 Å². The Balaban J connectivity index is 2.12. The van der Waals surface area contributed by atoms with E-state index in [2.05, 4.69) is 17.9 Å². The molecule has 0 aromatic rings. The summed E-state index contributed by atoms with van der Waals surface area (Å²) in [6.45, 7) is 3.14. The highest BCUT2D eigenvalue weighted by Crippen LogP contribution is 2.36. The van der Waals surface area contributed by atoms with Crippen molar-refractivity contribution in [1.29, 1.82) is 5.26 Å². The first-order valence-electron chi connectivity index (χ1n) is 7.12. The number of primary amides is 1. The predicted molar refractivity (Wildman–Crippen MR) is 69.4 cm³/mol. The van der Waals surface area contributed by atoms with Gasteiger partial charge in [-0.15, -0.1) is 0 Å². The average Bonchev–Trinajstić information content (AvgIpc) is 2.87. The molecule has 4 nitrogen and oxygen atoms in total. The van der Waals surface area contributed by atoms with Crippen molar-refractivity contribution in [2.45, 2.75) is 57.5 Å². The Morgan fingerprint density at radius 2 is 2.22 bits per heavy atom. The lowest BCUT2D eigenvalue weighted by Crippen LogP contribution is -2.50. The number of carbonyl (C=O) groups is 1. The Morgan fingerprint density at radius 1 is 1.44 bits per heavy atom. The molecular formula is C14H23N3O. The van der Waals surface area contributed by atoms with E-state index in [0.717, 1.165) is 38.6 Å². The minimum absolute atomic E-state index is 0.0766. The average molecular weight is 249 g/mol. The number of nitrogens with two attached hydrogens (primary N) is 1. The van der Waals surface area contributed by atoms with Crippen LogP contribution in [0.15, 0.2) is 0 Å². The number of likely N-dealkylation sites (tertiary alicyclic amines) is 1. The summed E-state index contributed by atoms with van der Waals surface area (Å²) in [4.78, 5) is 13.7. The van der Waals surface area contributed by atoms with Gasteiger partial charge in [0.25, 0.3) is 0 Å². The first-order chi connectivity index (χ1) is 8.67. The second-order valence-electron chi connectivity index (χ2n) is 5.69. The fourth-order valence-corrected chi connectivity index (χ4v) is 3.61. The van der Waals surface area contributed by atoms with Gasteiger partial charge in [-0.1, -0.05) is 13.3 Å². The summed E-state index contributed by atoms with van der Waals surface area (Å²) in [5, 5.41) is 9.31. The summed E-state index contributed by atoms with van der Waals surface area (Å²) < 4.78 is 0. The molecule has 0 radical (unpaired) electrons. The molecule has 100 valence electrons. The summed E-state index contributed by atoms with van der Waals surface area (Å²) in [6.07, 6.45) is 6.24. The lowest BCUT2D eigenvalue weighted by Gasteiger charge is -2.40. The molecule has 4 atom stereocenters. The quantitative estimate of drug-likeness (QED) is 0.827. The van der Waals surface area contributed by atoms with Crippen molar-refractivity contribution in [2.24, 2.45) is 17.6 Å². The van der Waals surface area contributed by atoms with Gasteiger partial charge in [0.05, 0.1) is 18.0 Å². The zero-order valence-corrected chi connectivity index (χ0v) is 11.1. The van der Waals surface area contributed by atoms with Gasteiger partial charge in [0.1, 0.15) is 0 Å². The molecule has 2 rings (SSSR count). The van der Waals surface area contributed by atoms with Crippen molar-refractivity contribution in [3.05, 3.63) is 0 Å². The van der Waals surface area contributed by atoms with Gasteiger partial charge in [-0.2, -0.15) is 5.26 Å². The molecule has 1 saturated heterocycles. The number of amides is 1. The monoisotopic (exact) mass is 249 g/mol. The number of rotatable bonds is 3. The van der Waals surface area contributed by atoms with Crippen LogP contribution >= 0.6 is 0 Å². The Morgan fingerprint density at radius 3 is 2.83 bits per heavy atom. The van der Waals surface area contributed by atoms with E-state index in [9.17, 15) is 10.1 Å². The fraction of sp³-hybridized carbons (Fsp3) is 0.857. The SMILES string of the molecule is CCC1CCC(C#N)C(N2CCCC2C(N)=O)C1. The summed E-state index contributed by atoms with van der Waals surface area (Å²) in [7, 11) is 0. The van der Waals surface area contributed by atoms with Crippen molar-refractivity contribution in [3.63, 3.8) is 0 Å². The largest absolute Gasteiger partial charge is 0.368 e. The van der Waals surface area contributed by atoms with Crippen molar-refractivity contribution in [2.75, 3.05) is 6.54 Å². The van der Waals surface area contributed by atoms with Gasteiger partial charge in [-0.25, -0.2) is 0 Å². The molecule has 0 spiro atoms. The molecule has 2 fully saturated rings. The minimum Gasteiger partial charge on any atom is -0.368 e. The molecule has 0 aromatic heterocycles. The van der Waals surface area contributed by atoms with Crippen molar-refractivity contribution in [1.82, 2.24) is 4.90 Å². The van der Waals surface area contributed by atoms with Crippen LogP contribution in [-0.4, -0.2) is 29.4 Å². The molecule has 2 N–H and O–H groups in total. The maximum absolute atomic E-state index is 11.5. The van der Waals surface area contributed by atoms with Crippen LogP contribution < -0.4 is 5.73 Å². The molecule has 4 heteroatoms. The Kier molecular flexibility index (Phi) is 4.23. The minimum atomic E-state index is -0.220. The van der Waals surface area contributed by atoms with Crippen LogP contribution in [0.4, 0.5) is 0 Å². The van der Waals surface area contributed by atoms with Crippen LogP contribution in [0.25, 0.3) is 0 Å². The Hall–Kier alpha value is -1.08. The number of nitriles is 1. The number of nitrogens with zero attached hydrogens (tertiary/aromatic N) is 2. The third-order valence-corrected chi connectivity index (χ3v) is 4.72. The molecule has 1 saturated carbocycles. The molecule has 4 unspecified atom stereocenters. The molecule has 1 aliphatic heterocycles. The van der Waals surface area contributed by atoms with E-state index >= 15 is 0 Å². The van der Waals surface area contributed by atoms with Crippen LogP contribution in [0.2, 0.25) is 0 Å². The first kappa shape index (κ1) is 13.4. The molecule has 0 aromatic carbocycles. The fourth-order valence-electron chi connectivity index (χ4n) is 3.61. The molecule has 1 amide bonds. The van der Waals surface area contributed by atoms with E-state index in [1.807, 2.05) is 0 Å². The second kappa shape index (κ2) is 5.71. The highest BCUT2D eigenvalue weighted by molar-refractivity contribution is 5.80. The highest BCUT2D eigenvalue weighted by Gasteiger charge is 2.40. The van der Waals surface area contributed by atoms with Crippen LogP contribution in [0, 0.1) is 23.2 Å². The zero-order valence-electron chi connectivity index (χ0n) is 11.1. The second-order valence-corrected chi connectivity index (χ2v) is 5.69. The summed E-state index contributed by atoms with van der Waals surface area (Å²) in [5.41, 5.74) is 5.49. The predicted octanol–water partition coefficient (Wildman–Crippen LogP) is 1.65. The first-order valence-corrected chi connectivity index (χ1v) is 7.12. The number of hydrogen-bond acceptors (Lipinski definition) is 3. The van der Waals surface area contributed by atoms with Gasteiger partial charge in [-0.3, -0.25) is 9.69 Å². The summed E-state index contributed by atoms with van der Waals surface area (Å²) >= 11 is 0. The molecular weight excluding hydrogens is 226 g/mol. The van der Waals surface area contributed by atoms with Crippen LogP contribution in [-0.2, 0) is 4.79 Å². The van der Waals surface area contributed by atoms with Crippen LogP contribution in [0.5, 0.6) is 0 Å². The molecule has 2 aliphatic rings. The maximum Gasteiger partial charge on any atom is 0.234 e. The van der Waals surface area contributed by atoms with Crippen molar-refractivity contribution >= 4 is 5.91 Å². The zero-order chi connectivity index (χ0) is 13.1. The van der Waals surface area contributed by atoms with Gasteiger partial charge in [0.15, 0.2) is 0 Å². The van der Waals surface area contributed by atoms with Gasteiger partial charge in [-0.05, 0) is 44.6 Å². The lowest BCUT2D eigenvalue weighted by molar-refractivity contribution is -0.123. The van der Waals surface area contributed by atoms with E-state index in [1.165, 1.54) is 6.42 Å². The van der Waals surface area contributed by atoms with E-state index in [1.54, 1.807) is 0 Å².